The van der Waals surface area contributed by atoms with Crippen LogP contribution >= 0.6 is 22.7 Å². The molecule has 9 heteroatoms. The summed E-state index contributed by atoms with van der Waals surface area (Å²) in [5.41, 5.74) is -0.0183. The molecule has 0 radical (unpaired) electrons. The highest BCUT2D eigenvalue weighted by Gasteiger charge is 2.47. The number of aliphatic hydroxyl groups excluding tert-OH is 1. The molecule has 3 aromatic heterocycles. The molecule has 1 N–H and O–H groups in total. The molecule has 1 aliphatic heterocycles. The predicted molar refractivity (Wildman–Crippen MR) is 91.9 cm³/mol. The number of Topliss-reactive ketones (excluding diaryl/α,β-unsaturated/α-hetero) is 1. The van der Waals surface area contributed by atoms with Gasteiger partial charge in [0.05, 0.1) is 16.7 Å². The number of amides is 1. The van der Waals surface area contributed by atoms with Gasteiger partial charge in [-0.05, 0) is 30.5 Å². The highest BCUT2D eigenvalue weighted by molar-refractivity contribution is 7.15. The van der Waals surface area contributed by atoms with Crippen molar-refractivity contribution in [2.24, 2.45) is 0 Å². The van der Waals surface area contributed by atoms with Crippen molar-refractivity contribution in [3.8, 4) is 0 Å². The van der Waals surface area contributed by atoms with Crippen molar-refractivity contribution in [1.29, 1.82) is 0 Å². The number of rotatable bonds is 4. The minimum atomic E-state index is -0.885. The Bertz CT molecular complexity index is 973. The summed E-state index contributed by atoms with van der Waals surface area (Å²) in [6, 6.07) is 5.81. The minimum Gasteiger partial charge on any atom is -0.503 e. The van der Waals surface area contributed by atoms with E-state index in [2.05, 4.69) is 10.2 Å². The summed E-state index contributed by atoms with van der Waals surface area (Å²) in [5.74, 6) is -1.33. The van der Waals surface area contributed by atoms with Crippen molar-refractivity contribution in [3.63, 3.8) is 0 Å². The van der Waals surface area contributed by atoms with Crippen molar-refractivity contribution in [2.75, 3.05) is 4.90 Å². The van der Waals surface area contributed by atoms with Crippen LogP contribution in [0.25, 0.3) is 0 Å². The lowest BCUT2D eigenvalue weighted by atomic mass is 10.0. The summed E-state index contributed by atoms with van der Waals surface area (Å²) in [4.78, 5) is 27.2. The van der Waals surface area contributed by atoms with Crippen LogP contribution in [-0.4, -0.2) is 27.0 Å². The molecule has 0 bridgehead atoms. The average Bonchev–Trinajstić information content (AvgIpc) is 3.36. The summed E-state index contributed by atoms with van der Waals surface area (Å²) in [7, 11) is 0. The summed E-state index contributed by atoms with van der Waals surface area (Å²) >= 11 is 2.44. The van der Waals surface area contributed by atoms with E-state index in [0.717, 1.165) is 0 Å². The van der Waals surface area contributed by atoms with Crippen LogP contribution in [0.4, 0.5) is 5.13 Å². The first-order valence-electron chi connectivity index (χ1n) is 7.26. The smallest absolute Gasteiger partial charge is 0.296 e. The van der Waals surface area contributed by atoms with E-state index in [1.165, 1.54) is 33.8 Å². The zero-order chi connectivity index (χ0) is 17.6. The lowest BCUT2D eigenvalue weighted by molar-refractivity contribution is -0.117. The van der Waals surface area contributed by atoms with Gasteiger partial charge in [0.1, 0.15) is 16.8 Å². The Hall–Kier alpha value is -2.78. The van der Waals surface area contributed by atoms with Crippen molar-refractivity contribution in [2.45, 2.75) is 13.0 Å². The molecule has 25 heavy (non-hydrogen) atoms. The molecular weight excluding hydrogens is 362 g/mol. The average molecular weight is 373 g/mol. The van der Waals surface area contributed by atoms with Crippen molar-refractivity contribution in [3.05, 3.63) is 62.9 Å². The zero-order valence-corrected chi connectivity index (χ0v) is 14.5. The third-order valence-corrected chi connectivity index (χ3v) is 5.44. The van der Waals surface area contributed by atoms with Gasteiger partial charge in [0.15, 0.2) is 5.76 Å². The van der Waals surface area contributed by atoms with E-state index in [1.54, 1.807) is 36.6 Å². The molecule has 4 heterocycles. The monoisotopic (exact) mass is 373 g/mol. The second kappa shape index (κ2) is 5.94. The van der Waals surface area contributed by atoms with Crippen LogP contribution in [0.5, 0.6) is 0 Å². The van der Waals surface area contributed by atoms with Gasteiger partial charge in [0.25, 0.3) is 5.91 Å². The third kappa shape index (κ3) is 2.48. The molecule has 7 nitrogen and oxygen atoms in total. The summed E-state index contributed by atoms with van der Waals surface area (Å²) in [6.45, 7) is 1.76. The number of aryl methyl sites for hydroxylation is 1. The Morgan fingerprint density at radius 3 is 2.76 bits per heavy atom. The quantitative estimate of drug-likeness (QED) is 0.705. The van der Waals surface area contributed by atoms with E-state index in [4.69, 9.17) is 4.42 Å². The van der Waals surface area contributed by atoms with Crippen LogP contribution in [0.15, 0.2) is 51.7 Å². The fourth-order valence-corrected chi connectivity index (χ4v) is 4.07. The molecule has 0 aliphatic carbocycles. The van der Waals surface area contributed by atoms with Gasteiger partial charge in [0.2, 0.25) is 10.9 Å². The van der Waals surface area contributed by atoms with Gasteiger partial charge in [0, 0.05) is 0 Å². The molecule has 0 unspecified atom stereocenters. The van der Waals surface area contributed by atoms with Crippen LogP contribution < -0.4 is 4.90 Å². The largest absolute Gasteiger partial charge is 0.503 e. The molecule has 0 saturated carbocycles. The highest BCUT2D eigenvalue weighted by atomic mass is 32.1. The van der Waals surface area contributed by atoms with Gasteiger partial charge >= 0.3 is 0 Å². The number of anilines is 1. The standard InChI is InChI=1S/C16H11N3O4S2/c1-8-17-18-16(25-8)19-12(9-4-2-6-23-9)11(14(21)15(19)22)13(20)10-5-3-7-24-10/h2-7,12,21H,1H3/t12-/m0/s1. The topological polar surface area (TPSA) is 96.5 Å². The maximum absolute atomic E-state index is 12.9. The number of nitrogens with zero attached hydrogens (tertiary/aromatic N) is 3. The van der Waals surface area contributed by atoms with Gasteiger partial charge in [-0.15, -0.1) is 21.5 Å². The minimum absolute atomic E-state index is 0.0183. The number of furan rings is 1. The molecule has 0 fully saturated rings. The number of carbonyl (C=O) groups excluding carboxylic acids is 2. The van der Waals surface area contributed by atoms with Gasteiger partial charge in [-0.25, -0.2) is 0 Å². The predicted octanol–water partition coefficient (Wildman–Crippen LogP) is 3.28. The zero-order valence-electron chi connectivity index (χ0n) is 12.9. The van der Waals surface area contributed by atoms with E-state index >= 15 is 0 Å². The maximum atomic E-state index is 12.9. The van der Waals surface area contributed by atoms with Gasteiger partial charge < -0.3 is 9.52 Å². The molecule has 4 rings (SSSR count). The molecule has 1 amide bonds. The highest BCUT2D eigenvalue weighted by Crippen LogP contribution is 2.43. The lowest BCUT2D eigenvalue weighted by Gasteiger charge is -2.21. The molecule has 1 aliphatic rings. The number of hydrogen-bond donors (Lipinski definition) is 1. The first-order chi connectivity index (χ1) is 12.1. The van der Waals surface area contributed by atoms with E-state index < -0.39 is 23.5 Å². The SMILES string of the molecule is Cc1nnc(N2C(=O)C(O)=C(C(=O)c3cccs3)[C@@H]2c2ccco2)s1. The first kappa shape index (κ1) is 15.7. The van der Waals surface area contributed by atoms with Crippen LogP contribution in [0.1, 0.15) is 26.5 Å². The van der Waals surface area contributed by atoms with E-state index in [-0.39, 0.29) is 5.57 Å². The number of carbonyl (C=O) groups is 2. The maximum Gasteiger partial charge on any atom is 0.296 e. The second-order valence-electron chi connectivity index (χ2n) is 5.27. The molecular formula is C16H11N3O4S2. The number of aliphatic hydroxyl groups is 1. The van der Waals surface area contributed by atoms with Gasteiger partial charge in [-0.3, -0.25) is 14.5 Å². The second-order valence-corrected chi connectivity index (χ2v) is 7.37. The number of ketones is 1. The third-order valence-electron chi connectivity index (χ3n) is 3.73. The summed E-state index contributed by atoms with van der Waals surface area (Å²) in [5, 5.41) is 21.0. The fraction of sp³-hybridized carbons (Fsp3) is 0.125. The number of aromatic nitrogens is 2. The Morgan fingerprint density at radius 2 is 2.16 bits per heavy atom. The van der Waals surface area contributed by atoms with E-state index in [1.807, 2.05) is 0 Å². The fourth-order valence-electron chi connectivity index (χ4n) is 2.67. The summed E-state index contributed by atoms with van der Waals surface area (Å²) < 4.78 is 5.44. The normalized spacial score (nSPS) is 17.6. The Morgan fingerprint density at radius 1 is 1.32 bits per heavy atom. The molecule has 3 aromatic rings. The van der Waals surface area contributed by atoms with Crippen LogP contribution in [-0.2, 0) is 4.79 Å². The molecule has 0 aromatic carbocycles. The van der Waals surface area contributed by atoms with Crippen molar-refractivity contribution < 1.29 is 19.1 Å². The van der Waals surface area contributed by atoms with E-state index in [0.29, 0.717) is 20.8 Å². The molecule has 1 atom stereocenters. The Kier molecular flexibility index (Phi) is 3.74. The summed E-state index contributed by atoms with van der Waals surface area (Å²) in [6.07, 6.45) is 1.45. The number of thiophene rings is 1. The first-order valence-corrected chi connectivity index (χ1v) is 8.96. The Labute approximate surface area is 149 Å². The van der Waals surface area contributed by atoms with E-state index in [9.17, 15) is 14.7 Å². The van der Waals surface area contributed by atoms with Crippen molar-refractivity contribution in [1.82, 2.24) is 10.2 Å². The van der Waals surface area contributed by atoms with Gasteiger partial charge in [-0.2, -0.15) is 0 Å². The lowest BCUT2D eigenvalue weighted by Crippen LogP contribution is -2.30. The molecule has 126 valence electrons. The van der Waals surface area contributed by atoms with Crippen LogP contribution in [0.2, 0.25) is 0 Å². The van der Waals surface area contributed by atoms with Crippen molar-refractivity contribution >= 4 is 39.5 Å². The Balaban J connectivity index is 1.86. The van der Waals surface area contributed by atoms with Crippen LogP contribution in [0, 0.1) is 6.92 Å². The number of hydrogen-bond acceptors (Lipinski definition) is 8. The molecule has 0 spiro atoms. The van der Waals surface area contributed by atoms with Gasteiger partial charge in [-0.1, -0.05) is 17.4 Å². The molecule has 0 saturated heterocycles. The van der Waals surface area contributed by atoms with Crippen LogP contribution in [0.3, 0.4) is 0 Å².